The van der Waals surface area contributed by atoms with Crippen LogP contribution in [0, 0.1) is 5.82 Å². The molecule has 0 aliphatic heterocycles. The second-order valence-electron chi connectivity index (χ2n) is 7.34. The summed E-state index contributed by atoms with van der Waals surface area (Å²) in [5, 5.41) is 7.70. The number of benzene rings is 2. The van der Waals surface area contributed by atoms with Crippen LogP contribution in [0.5, 0.6) is 0 Å². The number of hydrogen-bond donors (Lipinski definition) is 1. The number of nitrogens with one attached hydrogen (secondary N) is 1. The smallest absolute Gasteiger partial charge is 0.267 e. The number of nitrogens with zero attached hydrogens (tertiary/aromatic N) is 3. The van der Waals surface area contributed by atoms with Crippen molar-refractivity contribution >= 4 is 38.8 Å². The summed E-state index contributed by atoms with van der Waals surface area (Å²) in [6.45, 7) is 0.670. The summed E-state index contributed by atoms with van der Waals surface area (Å²) in [6, 6.07) is 14.7. The second-order valence-corrected chi connectivity index (χ2v) is 8.40. The number of ether oxygens (including phenoxy) is 1. The van der Waals surface area contributed by atoms with Crippen molar-refractivity contribution < 1.29 is 13.9 Å². The van der Waals surface area contributed by atoms with Crippen LogP contribution in [0.4, 0.5) is 15.9 Å². The fourth-order valence-electron chi connectivity index (χ4n) is 3.44. The van der Waals surface area contributed by atoms with Gasteiger partial charge < -0.3 is 15.0 Å². The van der Waals surface area contributed by atoms with E-state index >= 15 is 0 Å². The molecule has 4 rings (SSSR count). The topological polar surface area (TPSA) is 59.4 Å². The molecule has 0 saturated heterocycles. The van der Waals surface area contributed by atoms with Gasteiger partial charge in [-0.25, -0.2) is 9.07 Å². The average molecular weight is 439 g/mol. The molecule has 0 radical (unpaired) electrons. The van der Waals surface area contributed by atoms with Gasteiger partial charge in [-0.1, -0.05) is 18.2 Å². The largest absolute Gasteiger partial charge is 0.380 e. The SMILES string of the molecule is COCc1c(C(=O)Nc2ccnn2Cc2ccc(N(C)C)cc2)sc2cccc(F)c12. The molecule has 8 heteroatoms. The zero-order valence-corrected chi connectivity index (χ0v) is 18.4. The van der Waals surface area contributed by atoms with E-state index in [9.17, 15) is 9.18 Å². The number of amides is 1. The van der Waals surface area contributed by atoms with Gasteiger partial charge in [0.15, 0.2) is 0 Å². The minimum atomic E-state index is -0.355. The van der Waals surface area contributed by atoms with Gasteiger partial charge >= 0.3 is 0 Å². The summed E-state index contributed by atoms with van der Waals surface area (Å²) in [4.78, 5) is 15.6. The number of carbonyl (C=O) groups is 1. The first-order valence-corrected chi connectivity index (χ1v) is 10.6. The Balaban J connectivity index is 1.58. The van der Waals surface area contributed by atoms with Gasteiger partial charge in [0, 0.05) is 48.6 Å². The standard InChI is InChI=1S/C23H23FN4O2S/c1-27(2)16-9-7-15(8-10-16)13-28-20(11-12-25-28)26-23(29)22-17(14-30-3)21-18(24)5-4-6-19(21)31-22/h4-12H,13-14H2,1-3H3,(H,26,29). The lowest BCUT2D eigenvalue weighted by atomic mass is 10.1. The number of fused-ring (bicyclic) bond motifs is 1. The maximum Gasteiger partial charge on any atom is 0.267 e. The first kappa shape index (κ1) is 21.0. The van der Waals surface area contributed by atoms with Gasteiger partial charge in [0.1, 0.15) is 11.6 Å². The molecule has 4 aromatic rings. The van der Waals surface area contributed by atoms with Crippen LogP contribution in [0.1, 0.15) is 20.8 Å². The minimum Gasteiger partial charge on any atom is -0.380 e. The van der Waals surface area contributed by atoms with Crippen molar-refractivity contribution in [2.75, 3.05) is 31.4 Å². The highest BCUT2D eigenvalue weighted by Gasteiger charge is 2.21. The van der Waals surface area contributed by atoms with Gasteiger partial charge in [-0.3, -0.25) is 4.79 Å². The number of aromatic nitrogens is 2. The number of thiophene rings is 1. The van der Waals surface area contributed by atoms with Crippen molar-refractivity contribution in [2.45, 2.75) is 13.2 Å². The zero-order valence-electron chi connectivity index (χ0n) is 17.6. The lowest BCUT2D eigenvalue weighted by molar-refractivity contribution is 0.102. The Kier molecular flexibility index (Phi) is 6.01. The molecule has 31 heavy (non-hydrogen) atoms. The second kappa shape index (κ2) is 8.87. The number of halogens is 1. The molecule has 0 aliphatic rings. The number of methoxy groups -OCH3 is 1. The van der Waals surface area contributed by atoms with Gasteiger partial charge in [-0.15, -0.1) is 11.3 Å². The fraction of sp³-hybridized carbons (Fsp3) is 0.217. The molecule has 2 aromatic heterocycles. The van der Waals surface area contributed by atoms with E-state index in [4.69, 9.17) is 4.74 Å². The maximum atomic E-state index is 14.4. The van der Waals surface area contributed by atoms with Crippen LogP contribution < -0.4 is 10.2 Å². The van der Waals surface area contributed by atoms with Crippen molar-refractivity contribution in [1.82, 2.24) is 9.78 Å². The Morgan fingerprint density at radius 3 is 2.68 bits per heavy atom. The Morgan fingerprint density at radius 2 is 1.97 bits per heavy atom. The highest BCUT2D eigenvalue weighted by Crippen LogP contribution is 2.34. The summed E-state index contributed by atoms with van der Waals surface area (Å²) >= 11 is 1.26. The van der Waals surface area contributed by atoms with E-state index in [0.717, 1.165) is 11.3 Å². The molecule has 0 saturated carbocycles. The fourth-order valence-corrected chi connectivity index (χ4v) is 4.56. The number of anilines is 2. The van der Waals surface area contributed by atoms with Crippen LogP contribution >= 0.6 is 11.3 Å². The summed E-state index contributed by atoms with van der Waals surface area (Å²) in [5.41, 5.74) is 2.73. The van der Waals surface area contributed by atoms with Crippen LogP contribution in [0.3, 0.4) is 0 Å². The van der Waals surface area contributed by atoms with E-state index in [0.29, 0.717) is 32.9 Å². The molecule has 1 N–H and O–H groups in total. The van der Waals surface area contributed by atoms with Gasteiger partial charge in [0.25, 0.3) is 5.91 Å². The molecule has 0 bridgehead atoms. The summed E-state index contributed by atoms with van der Waals surface area (Å²) < 4.78 is 22.1. The third-order valence-electron chi connectivity index (χ3n) is 5.00. The highest BCUT2D eigenvalue weighted by molar-refractivity contribution is 7.21. The Hall–Kier alpha value is -3.23. The van der Waals surface area contributed by atoms with Gasteiger partial charge in [-0.05, 0) is 29.8 Å². The van der Waals surface area contributed by atoms with Crippen LogP contribution in [0.15, 0.2) is 54.7 Å². The van der Waals surface area contributed by atoms with E-state index in [2.05, 4.69) is 10.4 Å². The van der Waals surface area contributed by atoms with E-state index in [1.165, 1.54) is 24.5 Å². The molecule has 0 atom stereocenters. The first-order valence-electron chi connectivity index (χ1n) is 9.76. The highest BCUT2D eigenvalue weighted by atomic mass is 32.1. The first-order chi connectivity index (χ1) is 15.0. The van der Waals surface area contributed by atoms with Crippen LogP contribution in [-0.2, 0) is 17.9 Å². The van der Waals surface area contributed by atoms with Crippen molar-refractivity contribution in [3.63, 3.8) is 0 Å². The lowest BCUT2D eigenvalue weighted by Gasteiger charge is -2.13. The molecule has 2 heterocycles. The molecular weight excluding hydrogens is 415 g/mol. The predicted octanol–water partition coefficient (Wildman–Crippen LogP) is 4.75. The molecular formula is C23H23FN4O2S. The molecule has 0 fully saturated rings. The molecule has 2 aromatic carbocycles. The predicted molar refractivity (Wildman–Crippen MR) is 123 cm³/mol. The Bertz CT molecular complexity index is 1210. The van der Waals surface area contributed by atoms with E-state index < -0.39 is 0 Å². The third kappa shape index (κ3) is 4.30. The lowest BCUT2D eigenvalue weighted by Crippen LogP contribution is -2.16. The molecule has 160 valence electrons. The van der Waals surface area contributed by atoms with E-state index in [1.807, 2.05) is 43.3 Å². The molecule has 0 aliphatic carbocycles. The summed E-state index contributed by atoms with van der Waals surface area (Å²) in [7, 11) is 5.52. The van der Waals surface area contributed by atoms with Gasteiger partial charge in [0.2, 0.25) is 0 Å². The monoisotopic (exact) mass is 438 g/mol. The van der Waals surface area contributed by atoms with Crippen molar-refractivity contribution in [3.05, 3.63) is 76.5 Å². The van der Waals surface area contributed by atoms with Crippen molar-refractivity contribution in [3.8, 4) is 0 Å². The van der Waals surface area contributed by atoms with Crippen LogP contribution in [-0.4, -0.2) is 36.9 Å². The number of hydrogen-bond acceptors (Lipinski definition) is 5. The van der Waals surface area contributed by atoms with E-state index in [1.54, 1.807) is 29.1 Å². The van der Waals surface area contributed by atoms with Crippen LogP contribution in [0.25, 0.3) is 10.1 Å². The maximum absolute atomic E-state index is 14.4. The Labute approximate surface area is 183 Å². The quantitative estimate of drug-likeness (QED) is 0.452. The van der Waals surface area contributed by atoms with Crippen molar-refractivity contribution in [1.29, 1.82) is 0 Å². The molecule has 1 amide bonds. The van der Waals surface area contributed by atoms with E-state index in [-0.39, 0.29) is 18.3 Å². The zero-order chi connectivity index (χ0) is 22.0. The third-order valence-corrected chi connectivity index (χ3v) is 6.20. The molecule has 0 spiro atoms. The average Bonchev–Trinajstić information content (AvgIpc) is 3.34. The Morgan fingerprint density at radius 1 is 1.19 bits per heavy atom. The summed E-state index contributed by atoms with van der Waals surface area (Å²) in [6.07, 6.45) is 1.64. The number of carbonyl (C=O) groups excluding carboxylic acids is 1. The number of rotatable bonds is 7. The van der Waals surface area contributed by atoms with Crippen LogP contribution in [0.2, 0.25) is 0 Å². The van der Waals surface area contributed by atoms with Gasteiger partial charge in [-0.2, -0.15) is 5.10 Å². The minimum absolute atomic E-state index is 0.154. The normalized spacial score (nSPS) is 11.1. The molecule has 6 nitrogen and oxygen atoms in total. The molecule has 0 unspecified atom stereocenters. The summed E-state index contributed by atoms with van der Waals surface area (Å²) in [5.74, 6) is -0.0913. The van der Waals surface area contributed by atoms with Crippen molar-refractivity contribution in [2.24, 2.45) is 0 Å². The van der Waals surface area contributed by atoms with Gasteiger partial charge in [0.05, 0.1) is 24.2 Å².